The van der Waals surface area contributed by atoms with Gasteiger partial charge in [-0.15, -0.1) is 0 Å². The molecule has 3 heteroatoms. The van der Waals surface area contributed by atoms with E-state index in [1.807, 2.05) is 12.1 Å². The monoisotopic (exact) mass is 293 g/mol. The first-order chi connectivity index (χ1) is 10.7. The summed E-state index contributed by atoms with van der Waals surface area (Å²) in [5.41, 5.74) is 4.99. The predicted molar refractivity (Wildman–Crippen MR) is 85.3 cm³/mol. The lowest BCUT2D eigenvalue weighted by molar-refractivity contribution is -0.120. The molecular formula is C19H19NO2. The maximum Gasteiger partial charge on any atom is 0.224 e. The number of benzene rings is 2. The number of methoxy groups -OCH3 is 1. The van der Waals surface area contributed by atoms with E-state index in [2.05, 4.69) is 35.6 Å². The van der Waals surface area contributed by atoms with Gasteiger partial charge in [0.15, 0.2) is 0 Å². The van der Waals surface area contributed by atoms with Crippen LogP contribution in [0.25, 0.3) is 0 Å². The van der Waals surface area contributed by atoms with E-state index < -0.39 is 0 Å². The summed E-state index contributed by atoms with van der Waals surface area (Å²) in [4.78, 5) is 12.1. The minimum atomic E-state index is -0.118. The van der Waals surface area contributed by atoms with E-state index in [0.29, 0.717) is 13.0 Å². The second-order valence-electron chi connectivity index (χ2n) is 6.22. The number of fused-ring (bicyclic) bond motifs is 4. The molecule has 1 spiro atoms. The first-order valence-electron chi connectivity index (χ1n) is 7.75. The average Bonchev–Trinajstić information content (AvgIpc) is 2.86. The third-order valence-corrected chi connectivity index (χ3v) is 5.12. The molecule has 0 aromatic heterocycles. The molecule has 112 valence electrons. The van der Waals surface area contributed by atoms with Crippen LogP contribution in [0.4, 0.5) is 0 Å². The van der Waals surface area contributed by atoms with Crippen LogP contribution in [0.3, 0.4) is 0 Å². The Hall–Kier alpha value is -2.29. The molecule has 1 aliphatic carbocycles. The minimum absolute atomic E-state index is 0.104. The van der Waals surface area contributed by atoms with Crippen LogP contribution in [0, 0.1) is 0 Å². The molecular weight excluding hydrogens is 274 g/mol. The number of ether oxygens (including phenoxy) is 1. The normalized spacial score (nSPS) is 22.7. The number of rotatable bonds is 1. The summed E-state index contributed by atoms with van der Waals surface area (Å²) in [5, 5.41) is 3.12. The summed E-state index contributed by atoms with van der Waals surface area (Å²) in [6, 6.07) is 14.7. The Morgan fingerprint density at radius 3 is 2.82 bits per heavy atom. The summed E-state index contributed by atoms with van der Waals surface area (Å²) in [6.07, 6.45) is 2.54. The van der Waals surface area contributed by atoms with Gasteiger partial charge in [0.25, 0.3) is 0 Å². The standard InChI is InChI=1S/C19H19NO2/c1-22-15-7-6-14-10-18(21)20-12-19(17(14)11-15)9-8-13-4-2-3-5-16(13)19/h2-7,11H,8-10,12H2,1H3,(H,20,21). The highest BCUT2D eigenvalue weighted by Gasteiger charge is 2.43. The van der Waals surface area contributed by atoms with Crippen molar-refractivity contribution >= 4 is 5.91 Å². The van der Waals surface area contributed by atoms with Crippen LogP contribution in [0.5, 0.6) is 5.75 Å². The van der Waals surface area contributed by atoms with Crippen molar-refractivity contribution in [3.05, 3.63) is 64.7 Å². The van der Waals surface area contributed by atoms with Crippen LogP contribution < -0.4 is 10.1 Å². The summed E-state index contributed by atoms with van der Waals surface area (Å²) in [5.74, 6) is 0.963. The highest BCUT2D eigenvalue weighted by Crippen LogP contribution is 2.46. The van der Waals surface area contributed by atoms with E-state index in [-0.39, 0.29) is 11.3 Å². The molecule has 1 unspecified atom stereocenters. The van der Waals surface area contributed by atoms with Crippen LogP contribution in [0.2, 0.25) is 0 Å². The van der Waals surface area contributed by atoms with Gasteiger partial charge in [0.2, 0.25) is 5.91 Å². The van der Waals surface area contributed by atoms with Gasteiger partial charge in [0, 0.05) is 12.0 Å². The molecule has 0 saturated carbocycles. The van der Waals surface area contributed by atoms with Gasteiger partial charge in [-0.05, 0) is 47.2 Å². The van der Waals surface area contributed by atoms with Gasteiger partial charge in [0.05, 0.1) is 13.5 Å². The van der Waals surface area contributed by atoms with Crippen molar-refractivity contribution in [3.8, 4) is 5.75 Å². The first-order valence-corrected chi connectivity index (χ1v) is 7.75. The molecule has 0 saturated heterocycles. The highest BCUT2D eigenvalue weighted by molar-refractivity contribution is 5.81. The van der Waals surface area contributed by atoms with Crippen molar-refractivity contribution in [1.82, 2.24) is 5.32 Å². The zero-order valence-corrected chi connectivity index (χ0v) is 12.7. The largest absolute Gasteiger partial charge is 0.497 e. The Morgan fingerprint density at radius 1 is 1.09 bits per heavy atom. The second-order valence-corrected chi connectivity index (χ2v) is 6.22. The zero-order chi connectivity index (χ0) is 15.2. The van der Waals surface area contributed by atoms with E-state index in [9.17, 15) is 4.79 Å². The molecule has 1 atom stereocenters. The minimum Gasteiger partial charge on any atom is -0.497 e. The number of hydrogen-bond acceptors (Lipinski definition) is 2. The Morgan fingerprint density at radius 2 is 1.95 bits per heavy atom. The maximum atomic E-state index is 12.1. The Balaban J connectivity index is 1.97. The van der Waals surface area contributed by atoms with Crippen molar-refractivity contribution in [1.29, 1.82) is 0 Å². The fourth-order valence-electron chi connectivity index (χ4n) is 4.01. The van der Waals surface area contributed by atoms with Crippen LogP contribution >= 0.6 is 0 Å². The van der Waals surface area contributed by atoms with Crippen LogP contribution in [-0.4, -0.2) is 19.6 Å². The molecule has 1 amide bonds. The SMILES string of the molecule is COc1ccc2c(c1)C1(CCc3ccccc31)CNC(=O)C2. The second kappa shape index (κ2) is 4.87. The Kier molecular flexibility index (Phi) is 2.96. The van der Waals surface area contributed by atoms with E-state index in [0.717, 1.165) is 24.2 Å². The molecule has 0 bridgehead atoms. The molecule has 1 aliphatic heterocycles. The molecule has 22 heavy (non-hydrogen) atoms. The number of carbonyl (C=O) groups excluding carboxylic acids is 1. The van der Waals surface area contributed by atoms with E-state index in [4.69, 9.17) is 4.74 Å². The quantitative estimate of drug-likeness (QED) is 0.877. The lowest BCUT2D eigenvalue weighted by Gasteiger charge is -2.31. The molecule has 2 aliphatic rings. The summed E-state index contributed by atoms with van der Waals surface area (Å²) < 4.78 is 5.43. The number of aryl methyl sites for hydroxylation is 1. The lowest BCUT2D eigenvalue weighted by Crippen LogP contribution is -2.38. The van der Waals surface area contributed by atoms with Crippen molar-refractivity contribution < 1.29 is 9.53 Å². The fraction of sp³-hybridized carbons (Fsp3) is 0.316. The first kappa shape index (κ1) is 13.4. The van der Waals surface area contributed by atoms with Crippen molar-refractivity contribution in [2.45, 2.75) is 24.7 Å². The number of hydrogen-bond donors (Lipinski definition) is 1. The third-order valence-electron chi connectivity index (χ3n) is 5.12. The van der Waals surface area contributed by atoms with E-state index in [1.165, 1.54) is 16.7 Å². The topological polar surface area (TPSA) is 38.3 Å². The zero-order valence-electron chi connectivity index (χ0n) is 12.7. The number of carbonyl (C=O) groups is 1. The third kappa shape index (κ3) is 1.85. The van der Waals surface area contributed by atoms with E-state index >= 15 is 0 Å². The molecule has 2 aromatic carbocycles. The molecule has 0 fully saturated rings. The van der Waals surface area contributed by atoms with Crippen molar-refractivity contribution in [2.75, 3.05) is 13.7 Å². The van der Waals surface area contributed by atoms with Crippen molar-refractivity contribution in [3.63, 3.8) is 0 Å². The van der Waals surface area contributed by atoms with Gasteiger partial charge in [-0.25, -0.2) is 0 Å². The molecule has 1 N–H and O–H groups in total. The summed E-state index contributed by atoms with van der Waals surface area (Å²) in [7, 11) is 1.69. The Labute approximate surface area is 130 Å². The average molecular weight is 293 g/mol. The van der Waals surface area contributed by atoms with Gasteiger partial charge in [0.1, 0.15) is 5.75 Å². The maximum absolute atomic E-state index is 12.1. The van der Waals surface area contributed by atoms with Gasteiger partial charge in [-0.2, -0.15) is 0 Å². The van der Waals surface area contributed by atoms with Gasteiger partial charge in [-0.1, -0.05) is 30.3 Å². The molecule has 2 aromatic rings. The van der Waals surface area contributed by atoms with Crippen LogP contribution in [0.15, 0.2) is 42.5 Å². The Bertz CT molecular complexity index is 753. The van der Waals surface area contributed by atoms with Crippen LogP contribution in [0.1, 0.15) is 28.7 Å². The lowest BCUT2D eigenvalue weighted by atomic mass is 9.73. The fourth-order valence-corrected chi connectivity index (χ4v) is 4.01. The van der Waals surface area contributed by atoms with Gasteiger partial charge < -0.3 is 10.1 Å². The summed E-state index contributed by atoms with van der Waals surface area (Å²) >= 11 is 0. The predicted octanol–water partition coefficient (Wildman–Crippen LogP) is 2.60. The van der Waals surface area contributed by atoms with Crippen LogP contribution in [-0.2, 0) is 23.1 Å². The highest BCUT2D eigenvalue weighted by atomic mass is 16.5. The van der Waals surface area contributed by atoms with E-state index in [1.54, 1.807) is 7.11 Å². The molecule has 0 radical (unpaired) electrons. The van der Waals surface area contributed by atoms with Crippen molar-refractivity contribution in [2.24, 2.45) is 0 Å². The molecule has 4 rings (SSSR count). The smallest absolute Gasteiger partial charge is 0.224 e. The molecule has 3 nitrogen and oxygen atoms in total. The molecule has 1 heterocycles. The van der Waals surface area contributed by atoms with Gasteiger partial charge >= 0.3 is 0 Å². The number of amides is 1. The number of nitrogens with one attached hydrogen (secondary N) is 1. The summed E-state index contributed by atoms with van der Waals surface area (Å²) in [6.45, 7) is 0.670. The van der Waals surface area contributed by atoms with Gasteiger partial charge in [-0.3, -0.25) is 4.79 Å².